The quantitative estimate of drug-likeness (QED) is 0.463. The first-order chi connectivity index (χ1) is 3.72. The molecule has 0 aliphatic rings. The molecule has 0 aromatic carbocycles. The van der Waals surface area contributed by atoms with Crippen molar-refractivity contribution in [3.63, 3.8) is 0 Å². The second-order valence-electron chi connectivity index (χ2n) is 1.18. The van der Waals surface area contributed by atoms with Crippen molar-refractivity contribution in [2.45, 2.75) is 0 Å². The standard InChI is InChI=1S/C2H4N3O2P/c3-1-4-7-2(6)5(1)8/h8H2,(H2,3,4). The van der Waals surface area contributed by atoms with E-state index in [1.807, 2.05) is 0 Å². The van der Waals surface area contributed by atoms with Gasteiger partial charge in [0.25, 0.3) is 0 Å². The minimum absolute atomic E-state index is 0.0556. The van der Waals surface area contributed by atoms with Crippen molar-refractivity contribution in [3.05, 3.63) is 10.6 Å². The highest BCUT2D eigenvalue weighted by Crippen LogP contribution is 1.94. The first-order valence-electron chi connectivity index (χ1n) is 1.81. The summed E-state index contributed by atoms with van der Waals surface area (Å²) in [5.41, 5.74) is 5.08. The van der Waals surface area contributed by atoms with Crippen molar-refractivity contribution in [2.75, 3.05) is 5.73 Å². The Hall–Kier alpha value is -0.830. The van der Waals surface area contributed by atoms with Gasteiger partial charge < -0.3 is 5.73 Å². The zero-order valence-electron chi connectivity index (χ0n) is 3.87. The van der Waals surface area contributed by atoms with Crippen LogP contribution in [0.25, 0.3) is 0 Å². The third-order valence-corrected chi connectivity index (χ3v) is 1.14. The summed E-state index contributed by atoms with van der Waals surface area (Å²) in [6.07, 6.45) is 0. The van der Waals surface area contributed by atoms with E-state index in [0.717, 1.165) is 4.34 Å². The molecule has 2 N–H and O–H groups in total. The molecule has 6 heteroatoms. The van der Waals surface area contributed by atoms with Gasteiger partial charge in [0, 0.05) is 0 Å². The molecule has 0 aliphatic carbocycles. The molecule has 0 spiro atoms. The van der Waals surface area contributed by atoms with Gasteiger partial charge in [-0.1, -0.05) is 0 Å². The Bertz CT molecular complexity index is 238. The van der Waals surface area contributed by atoms with Crippen molar-refractivity contribution in [1.29, 1.82) is 0 Å². The molecule has 0 fully saturated rings. The SMILES string of the molecule is Nc1noc(=O)n1P. The van der Waals surface area contributed by atoms with Gasteiger partial charge in [-0.15, -0.1) is 0 Å². The van der Waals surface area contributed by atoms with Crippen LogP contribution in [0.1, 0.15) is 0 Å². The second kappa shape index (κ2) is 1.59. The van der Waals surface area contributed by atoms with E-state index in [1.165, 1.54) is 0 Å². The molecule has 0 saturated carbocycles. The number of nitrogens with two attached hydrogens (primary N) is 1. The minimum Gasteiger partial charge on any atom is -0.366 e. The van der Waals surface area contributed by atoms with Crippen molar-refractivity contribution in [1.82, 2.24) is 9.49 Å². The lowest BCUT2D eigenvalue weighted by Crippen LogP contribution is -2.05. The van der Waals surface area contributed by atoms with Gasteiger partial charge in [0.2, 0.25) is 5.95 Å². The molecule has 1 rings (SSSR count). The molecule has 8 heavy (non-hydrogen) atoms. The third-order valence-electron chi connectivity index (χ3n) is 0.661. The lowest BCUT2D eigenvalue weighted by atomic mass is 11.1. The van der Waals surface area contributed by atoms with E-state index in [9.17, 15) is 4.79 Å². The van der Waals surface area contributed by atoms with Crippen LogP contribution in [0.5, 0.6) is 0 Å². The molecule has 44 valence electrons. The summed E-state index contributed by atoms with van der Waals surface area (Å²) in [6.45, 7) is 0. The van der Waals surface area contributed by atoms with Crippen molar-refractivity contribution in [3.8, 4) is 0 Å². The molecule has 1 aromatic rings. The fourth-order valence-corrected chi connectivity index (χ4v) is 0.362. The van der Waals surface area contributed by atoms with Crippen LogP contribution in [-0.4, -0.2) is 9.49 Å². The number of nitrogen functional groups attached to an aromatic ring is 1. The van der Waals surface area contributed by atoms with Crippen LogP contribution in [0.3, 0.4) is 0 Å². The molecule has 1 atom stereocenters. The number of aromatic nitrogens is 2. The Morgan fingerprint density at radius 3 is 2.62 bits per heavy atom. The van der Waals surface area contributed by atoms with Crippen LogP contribution < -0.4 is 11.5 Å². The zero-order valence-corrected chi connectivity index (χ0v) is 5.02. The van der Waals surface area contributed by atoms with E-state index in [0.29, 0.717) is 0 Å². The number of rotatable bonds is 0. The molecule has 0 bridgehead atoms. The Kier molecular flexibility index (Phi) is 1.06. The first kappa shape index (κ1) is 5.31. The van der Waals surface area contributed by atoms with Gasteiger partial charge in [0.15, 0.2) is 0 Å². The monoisotopic (exact) mass is 133 g/mol. The molecule has 1 heterocycles. The molecule has 0 amide bonds. The average molecular weight is 133 g/mol. The Morgan fingerprint density at radius 1 is 1.88 bits per heavy atom. The van der Waals surface area contributed by atoms with Gasteiger partial charge in [0.1, 0.15) is 0 Å². The van der Waals surface area contributed by atoms with Gasteiger partial charge in [-0.25, -0.2) is 9.13 Å². The van der Waals surface area contributed by atoms with Gasteiger partial charge in [-0.3, -0.25) is 4.52 Å². The molecule has 1 unspecified atom stereocenters. The number of hydrogen-bond donors (Lipinski definition) is 1. The smallest absolute Gasteiger partial charge is 0.366 e. The summed E-state index contributed by atoms with van der Waals surface area (Å²) in [6, 6.07) is 0. The van der Waals surface area contributed by atoms with Crippen molar-refractivity contribution < 1.29 is 4.52 Å². The van der Waals surface area contributed by atoms with E-state index >= 15 is 0 Å². The van der Waals surface area contributed by atoms with E-state index in [2.05, 4.69) is 19.1 Å². The lowest BCUT2D eigenvalue weighted by molar-refractivity contribution is 0.386. The molecular weight excluding hydrogens is 129 g/mol. The zero-order chi connectivity index (χ0) is 6.15. The highest BCUT2D eigenvalue weighted by Gasteiger charge is 1.97. The predicted molar refractivity (Wildman–Crippen MR) is 30.3 cm³/mol. The van der Waals surface area contributed by atoms with E-state index in [-0.39, 0.29) is 5.95 Å². The van der Waals surface area contributed by atoms with Crippen LogP contribution in [0, 0.1) is 0 Å². The maximum Gasteiger partial charge on any atom is 0.445 e. The lowest BCUT2D eigenvalue weighted by Gasteiger charge is -1.81. The predicted octanol–water partition coefficient (Wildman–Crippen LogP) is -0.943. The van der Waals surface area contributed by atoms with Crippen molar-refractivity contribution >= 4 is 15.3 Å². The van der Waals surface area contributed by atoms with Gasteiger partial charge >= 0.3 is 5.76 Å². The Morgan fingerprint density at radius 2 is 2.50 bits per heavy atom. The molecule has 0 radical (unpaired) electrons. The average Bonchev–Trinajstić information content (AvgIpc) is 1.98. The van der Waals surface area contributed by atoms with E-state index in [4.69, 9.17) is 5.73 Å². The summed E-state index contributed by atoms with van der Waals surface area (Å²) < 4.78 is 5.13. The van der Waals surface area contributed by atoms with Crippen LogP contribution in [-0.2, 0) is 0 Å². The number of anilines is 1. The number of hydrogen-bond acceptors (Lipinski definition) is 4. The van der Waals surface area contributed by atoms with Gasteiger partial charge in [-0.05, 0) is 14.5 Å². The molecular formula is C2H4N3O2P. The van der Waals surface area contributed by atoms with Gasteiger partial charge in [-0.2, -0.15) is 0 Å². The highest BCUT2D eigenvalue weighted by molar-refractivity contribution is 7.14. The third kappa shape index (κ3) is 0.607. The minimum atomic E-state index is -0.576. The van der Waals surface area contributed by atoms with Crippen molar-refractivity contribution in [2.24, 2.45) is 0 Å². The molecule has 0 aliphatic heterocycles. The van der Waals surface area contributed by atoms with Crippen LogP contribution in [0.2, 0.25) is 0 Å². The van der Waals surface area contributed by atoms with Crippen LogP contribution in [0.4, 0.5) is 5.95 Å². The first-order valence-corrected chi connectivity index (χ1v) is 2.32. The van der Waals surface area contributed by atoms with E-state index in [1.54, 1.807) is 0 Å². The summed E-state index contributed by atoms with van der Waals surface area (Å²) >= 11 is 0. The van der Waals surface area contributed by atoms with E-state index < -0.39 is 5.76 Å². The summed E-state index contributed by atoms with van der Waals surface area (Å²) in [4.78, 5) is 10.3. The van der Waals surface area contributed by atoms with Crippen LogP contribution >= 0.6 is 9.39 Å². The fraction of sp³-hybridized carbons (Fsp3) is 0. The normalized spacial score (nSPS) is 9.62. The topological polar surface area (TPSA) is 74.1 Å². The largest absolute Gasteiger partial charge is 0.445 e. The Balaban J connectivity index is 3.41. The molecule has 0 saturated heterocycles. The second-order valence-corrected chi connectivity index (χ2v) is 1.69. The van der Waals surface area contributed by atoms with Crippen LogP contribution in [0.15, 0.2) is 9.32 Å². The summed E-state index contributed by atoms with van der Waals surface area (Å²) in [7, 11) is 2.05. The summed E-state index contributed by atoms with van der Waals surface area (Å²) in [5.74, 6) is -0.521. The van der Waals surface area contributed by atoms with Gasteiger partial charge in [0.05, 0.1) is 0 Å². The highest BCUT2D eigenvalue weighted by atomic mass is 31.0. The Labute approximate surface area is 46.7 Å². The molecule has 1 aromatic heterocycles. The number of nitrogens with zero attached hydrogens (tertiary/aromatic N) is 2. The maximum atomic E-state index is 10.3. The fourth-order valence-electron chi connectivity index (χ4n) is 0.267. The summed E-state index contributed by atoms with van der Waals surface area (Å²) in [5, 5.41) is 3.15. The maximum absolute atomic E-state index is 10.3. The molecule has 5 nitrogen and oxygen atoms in total.